The van der Waals surface area contributed by atoms with Crippen LogP contribution in [0.5, 0.6) is 5.75 Å². The summed E-state index contributed by atoms with van der Waals surface area (Å²) in [7, 11) is 5.61. The minimum absolute atomic E-state index is 0.0771. The van der Waals surface area contributed by atoms with Gasteiger partial charge < -0.3 is 19.1 Å². The summed E-state index contributed by atoms with van der Waals surface area (Å²) in [6, 6.07) is 15.7. The number of anilines is 1. The Morgan fingerprint density at radius 2 is 2.03 bits per heavy atom. The number of likely N-dealkylation sites (tertiary alicyclic amines) is 1. The van der Waals surface area contributed by atoms with Gasteiger partial charge in [0.05, 0.1) is 7.11 Å². The predicted molar refractivity (Wildman–Crippen MR) is 110 cm³/mol. The number of hydrogen-bond donors (Lipinski definition) is 0. The Morgan fingerprint density at radius 1 is 1.21 bits per heavy atom. The van der Waals surface area contributed by atoms with Crippen LogP contribution in [-0.4, -0.2) is 48.7 Å². The van der Waals surface area contributed by atoms with Gasteiger partial charge in [-0.2, -0.15) is 4.98 Å². The molecule has 2 heterocycles. The zero-order chi connectivity index (χ0) is 20.4. The van der Waals surface area contributed by atoms with E-state index in [-0.39, 0.29) is 11.8 Å². The van der Waals surface area contributed by atoms with Crippen molar-refractivity contribution in [2.75, 3.05) is 32.6 Å². The van der Waals surface area contributed by atoms with Crippen molar-refractivity contribution in [3.05, 3.63) is 59.9 Å². The van der Waals surface area contributed by atoms with E-state index in [9.17, 15) is 4.79 Å². The van der Waals surface area contributed by atoms with Crippen molar-refractivity contribution in [2.45, 2.75) is 18.9 Å². The number of rotatable bonds is 6. The first-order valence-electron chi connectivity index (χ1n) is 9.56. The Morgan fingerprint density at radius 3 is 2.83 bits per heavy atom. The van der Waals surface area contributed by atoms with Crippen LogP contribution in [-0.2, 0) is 11.3 Å². The normalized spacial score (nSPS) is 16.3. The number of amides is 1. The highest BCUT2D eigenvalue weighted by atomic mass is 16.5. The van der Waals surface area contributed by atoms with Crippen molar-refractivity contribution >= 4 is 11.6 Å². The standard InChI is InChI=1S/C22H24N4O3/c1-25(2)18-9-6-8-15(11-18)22-23-21(24-29-22)17-12-20(27)26(14-17)13-16-7-4-5-10-19(16)28-3/h4-11,17H,12-14H2,1-3H3. The summed E-state index contributed by atoms with van der Waals surface area (Å²) in [5.41, 5.74) is 2.91. The lowest BCUT2D eigenvalue weighted by Crippen LogP contribution is -2.24. The van der Waals surface area contributed by atoms with E-state index in [0.29, 0.717) is 31.2 Å². The van der Waals surface area contributed by atoms with Gasteiger partial charge >= 0.3 is 0 Å². The van der Waals surface area contributed by atoms with Crippen LogP contribution in [0.4, 0.5) is 5.69 Å². The molecule has 1 amide bonds. The second-order valence-corrected chi connectivity index (χ2v) is 7.39. The smallest absolute Gasteiger partial charge is 0.258 e. The molecule has 7 nitrogen and oxygen atoms in total. The van der Waals surface area contributed by atoms with Crippen LogP contribution in [0.25, 0.3) is 11.5 Å². The molecule has 1 saturated heterocycles. The van der Waals surface area contributed by atoms with Crippen molar-refractivity contribution < 1.29 is 14.1 Å². The van der Waals surface area contributed by atoms with E-state index in [4.69, 9.17) is 9.26 Å². The lowest BCUT2D eigenvalue weighted by Gasteiger charge is -2.17. The van der Waals surface area contributed by atoms with E-state index in [1.807, 2.05) is 72.4 Å². The molecule has 0 N–H and O–H groups in total. The van der Waals surface area contributed by atoms with E-state index < -0.39 is 0 Å². The summed E-state index contributed by atoms with van der Waals surface area (Å²) in [4.78, 5) is 21.0. The van der Waals surface area contributed by atoms with Crippen LogP contribution in [0.15, 0.2) is 53.1 Å². The van der Waals surface area contributed by atoms with Gasteiger partial charge in [-0.1, -0.05) is 29.4 Å². The van der Waals surface area contributed by atoms with Gasteiger partial charge in [-0.3, -0.25) is 4.79 Å². The summed E-state index contributed by atoms with van der Waals surface area (Å²) in [5, 5.41) is 4.16. The molecule has 150 valence electrons. The third-order valence-electron chi connectivity index (χ3n) is 5.18. The quantitative estimate of drug-likeness (QED) is 0.641. The maximum atomic E-state index is 12.6. The number of methoxy groups -OCH3 is 1. The highest BCUT2D eigenvalue weighted by molar-refractivity contribution is 5.79. The molecule has 1 aromatic heterocycles. The van der Waals surface area contributed by atoms with Crippen molar-refractivity contribution in [1.29, 1.82) is 0 Å². The molecule has 7 heteroatoms. The van der Waals surface area contributed by atoms with Gasteiger partial charge in [0, 0.05) is 56.3 Å². The molecule has 1 aliphatic rings. The summed E-state index contributed by atoms with van der Waals surface area (Å²) in [6.45, 7) is 1.07. The maximum Gasteiger partial charge on any atom is 0.258 e. The summed E-state index contributed by atoms with van der Waals surface area (Å²) >= 11 is 0. The van der Waals surface area contributed by atoms with E-state index >= 15 is 0 Å². The van der Waals surface area contributed by atoms with Crippen molar-refractivity contribution in [3.8, 4) is 17.2 Å². The molecule has 29 heavy (non-hydrogen) atoms. The number of carbonyl (C=O) groups excluding carboxylic acids is 1. The molecule has 1 aliphatic heterocycles. The zero-order valence-electron chi connectivity index (χ0n) is 16.8. The summed E-state index contributed by atoms with van der Waals surface area (Å²) < 4.78 is 10.9. The van der Waals surface area contributed by atoms with Crippen LogP contribution in [0, 0.1) is 0 Å². The average molecular weight is 392 g/mol. The number of carbonyl (C=O) groups is 1. The van der Waals surface area contributed by atoms with Crippen molar-refractivity contribution in [3.63, 3.8) is 0 Å². The van der Waals surface area contributed by atoms with Gasteiger partial charge in [-0.05, 0) is 24.3 Å². The fourth-order valence-corrected chi connectivity index (χ4v) is 3.57. The summed E-state index contributed by atoms with van der Waals surface area (Å²) in [6.07, 6.45) is 0.381. The molecule has 0 spiro atoms. The fourth-order valence-electron chi connectivity index (χ4n) is 3.57. The Hall–Kier alpha value is -3.35. The Kier molecular flexibility index (Phi) is 5.20. The molecule has 1 unspecified atom stereocenters. The van der Waals surface area contributed by atoms with Crippen molar-refractivity contribution in [2.24, 2.45) is 0 Å². The third-order valence-corrected chi connectivity index (χ3v) is 5.18. The van der Waals surface area contributed by atoms with E-state index in [2.05, 4.69) is 10.1 Å². The van der Waals surface area contributed by atoms with Gasteiger partial charge in [0.1, 0.15) is 5.75 Å². The van der Waals surface area contributed by atoms with Crippen molar-refractivity contribution in [1.82, 2.24) is 15.0 Å². The lowest BCUT2D eigenvalue weighted by molar-refractivity contribution is -0.128. The first kappa shape index (κ1) is 19.0. The van der Waals surface area contributed by atoms with Gasteiger partial charge in [0.15, 0.2) is 5.82 Å². The number of nitrogens with zero attached hydrogens (tertiary/aromatic N) is 4. The van der Waals surface area contributed by atoms with E-state index in [0.717, 1.165) is 22.6 Å². The molecule has 1 fully saturated rings. The maximum absolute atomic E-state index is 12.6. The van der Waals surface area contributed by atoms with Gasteiger partial charge in [-0.25, -0.2) is 0 Å². The molecule has 2 aromatic carbocycles. The molecular weight excluding hydrogens is 368 g/mol. The average Bonchev–Trinajstić information content (AvgIpc) is 3.36. The zero-order valence-corrected chi connectivity index (χ0v) is 16.8. The Balaban J connectivity index is 1.49. The lowest BCUT2D eigenvalue weighted by atomic mass is 10.1. The number of aromatic nitrogens is 2. The monoisotopic (exact) mass is 392 g/mol. The molecule has 0 radical (unpaired) electrons. The van der Waals surface area contributed by atoms with E-state index in [1.54, 1.807) is 7.11 Å². The third kappa shape index (κ3) is 3.94. The van der Waals surface area contributed by atoms with Gasteiger partial charge in [0.25, 0.3) is 5.89 Å². The van der Waals surface area contributed by atoms with E-state index in [1.165, 1.54) is 0 Å². The number of para-hydroxylation sites is 1. The van der Waals surface area contributed by atoms with Crippen LogP contribution >= 0.6 is 0 Å². The molecule has 0 aliphatic carbocycles. The number of ether oxygens (including phenoxy) is 1. The molecule has 3 aromatic rings. The summed E-state index contributed by atoms with van der Waals surface area (Å²) in [5.74, 6) is 1.84. The van der Waals surface area contributed by atoms with Crippen LogP contribution in [0.3, 0.4) is 0 Å². The minimum atomic E-state index is -0.0771. The van der Waals surface area contributed by atoms with Crippen LogP contribution < -0.4 is 9.64 Å². The van der Waals surface area contributed by atoms with Gasteiger partial charge in [0.2, 0.25) is 5.91 Å². The SMILES string of the molecule is COc1ccccc1CN1CC(c2noc(-c3cccc(N(C)C)c3)n2)CC1=O. The Labute approximate surface area is 169 Å². The second kappa shape index (κ2) is 7.95. The first-order valence-corrected chi connectivity index (χ1v) is 9.56. The highest BCUT2D eigenvalue weighted by Gasteiger charge is 2.34. The first-order chi connectivity index (χ1) is 14.0. The molecule has 0 bridgehead atoms. The van der Waals surface area contributed by atoms with Crippen LogP contribution in [0.1, 0.15) is 23.7 Å². The molecular formula is C22H24N4O3. The fraction of sp³-hybridized carbons (Fsp3) is 0.318. The minimum Gasteiger partial charge on any atom is -0.496 e. The molecule has 1 atom stereocenters. The number of benzene rings is 2. The second-order valence-electron chi connectivity index (χ2n) is 7.39. The Bertz CT molecular complexity index is 1010. The molecule has 4 rings (SSSR count). The van der Waals surface area contributed by atoms with Crippen LogP contribution in [0.2, 0.25) is 0 Å². The largest absolute Gasteiger partial charge is 0.496 e. The predicted octanol–water partition coefficient (Wildman–Crippen LogP) is 3.33. The highest BCUT2D eigenvalue weighted by Crippen LogP contribution is 2.31. The topological polar surface area (TPSA) is 71.7 Å². The molecule has 0 saturated carbocycles. The number of hydrogen-bond acceptors (Lipinski definition) is 6. The van der Waals surface area contributed by atoms with Gasteiger partial charge in [-0.15, -0.1) is 0 Å².